The smallest absolute Gasteiger partial charge is 0.334 e. The number of fused-ring (bicyclic) bond motifs is 1. The Bertz CT molecular complexity index is 907. The Kier molecular flexibility index (Phi) is 4.15. The molecule has 0 aliphatic heterocycles. The molecule has 0 aliphatic carbocycles. The minimum Gasteiger partial charge on any atom is -0.334 e. The van der Waals surface area contributed by atoms with Gasteiger partial charge in [-0.15, -0.1) is 0 Å². The van der Waals surface area contributed by atoms with E-state index in [0.29, 0.717) is 5.69 Å². The average Bonchev–Trinajstić information content (AvgIpc) is 3.04. The van der Waals surface area contributed by atoms with Crippen LogP contribution in [0, 0.1) is 0 Å². The lowest BCUT2D eigenvalue weighted by Gasteiger charge is -2.24. The maximum Gasteiger partial charge on any atom is 0.449 e. The minimum absolute atomic E-state index is 0.148. The van der Waals surface area contributed by atoms with E-state index in [4.69, 9.17) is 0 Å². The fourth-order valence-electron chi connectivity index (χ4n) is 2.40. The molecule has 0 bridgehead atoms. The molecule has 1 atom stereocenters. The summed E-state index contributed by atoms with van der Waals surface area (Å²) >= 11 is 0. The van der Waals surface area contributed by atoms with Crippen molar-refractivity contribution in [3.63, 3.8) is 0 Å². The van der Waals surface area contributed by atoms with Gasteiger partial charge in [0.2, 0.25) is 5.82 Å². The van der Waals surface area contributed by atoms with Crippen LogP contribution in [0.3, 0.4) is 0 Å². The van der Waals surface area contributed by atoms with E-state index in [1.54, 1.807) is 26.2 Å². The largest absolute Gasteiger partial charge is 0.449 e. The Hall–Kier alpha value is -2.97. The maximum atomic E-state index is 12.7. The van der Waals surface area contributed by atoms with E-state index >= 15 is 0 Å². The van der Waals surface area contributed by atoms with E-state index < -0.39 is 12.0 Å². The van der Waals surface area contributed by atoms with Gasteiger partial charge in [0.05, 0.1) is 22.8 Å². The molecule has 0 saturated heterocycles. The third-order valence-corrected chi connectivity index (χ3v) is 3.93. The van der Waals surface area contributed by atoms with Crippen molar-refractivity contribution in [1.82, 2.24) is 24.8 Å². The van der Waals surface area contributed by atoms with Crippen molar-refractivity contribution in [2.24, 2.45) is 0 Å². The van der Waals surface area contributed by atoms with E-state index in [0.717, 1.165) is 0 Å². The lowest BCUT2D eigenvalue weighted by atomic mass is 10.1. The molecule has 130 valence electrons. The third kappa shape index (κ3) is 3.30. The van der Waals surface area contributed by atoms with Crippen LogP contribution in [0.4, 0.5) is 13.2 Å². The summed E-state index contributed by atoms with van der Waals surface area (Å²) < 4.78 is 38.2. The van der Waals surface area contributed by atoms with Crippen molar-refractivity contribution in [1.29, 1.82) is 0 Å². The van der Waals surface area contributed by atoms with Gasteiger partial charge in [-0.25, -0.2) is 15.0 Å². The first-order valence-corrected chi connectivity index (χ1v) is 7.37. The number of carbonyl (C=O) groups is 1. The zero-order valence-electron chi connectivity index (χ0n) is 13.4. The summed E-state index contributed by atoms with van der Waals surface area (Å²) in [7, 11) is 1.60. The summed E-state index contributed by atoms with van der Waals surface area (Å²) in [5, 5.41) is 0. The van der Waals surface area contributed by atoms with Crippen molar-refractivity contribution in [3.05, 3.63) is 53.9 Å². The number of nitrogens with one attached hydrogen (secondary N) is 1. The van der Waals surface area contributed by atoms with Gasteiger partial charge in [-0.3, -0.25) is 4.79 Å². The first kappa shape index (κ1) is 16.9. The van der Waals surface area contributed by atoms with E-state index in [-0.39, 0.29) is 28.5 Å². The number of hydrogen-bond donors (Lipinski definition) is 1. The van der Waals surface area contributed by atoms with Gasteiger partial charge < -0.3 is 9.88 Å². The predicted octanol–water partition coefficient (Wildman–Crippen LogP) is 3.20. The Balaban J connectivity index is 1.89. The van der Waals surface area contributed by atoms with Crippen molar-refractivity contribution >= 4 is 16.9 Å². The molecular formula is C16H14F3N5O. The highest BCUT2D eigenvalue weighted by atomic mass is 19.4. The zero-order valence-corrected chi connectivity index (χ0v) is 13.4. The fourth-order valence-corrected chi connectivity index (χ4v) is 2.40. The number of amides is 1. The molecule has 0 saturated carbocycles. The Morgan fingerprint density at radius 2 is 2.04 bits per heavy atom. The number of alkyl halides is 3. The average molecular weight is 349 g/mol. The monoisotopic (exact) mass is 349 g/mol. The molecule has 3 aromatic rings. The number of halogens is 3. The molecule has 1 amide bonds. The van der Waals surface area contributed by atoms with Gasteiger partial charge in [0.15, 0.2) is 0 Å². The second-order valence-corrected chi connectivity index (χ2v) is 5.54. The first-order chi connectivity index (χ1) is 11.8. The van der Waals surface area contributed by atoms with Gasteiger partial charge in [0, 0.05) is 18.8 Å². The number of aromatic nitrogens is 4. The maximum absolute atomic E-state index is 12.7. The molecule has 25 heavy (non-hydrogen) atoms. The summed E-state index contributed by atoms with van der Waals surface area (Å²) in [6, 6.07) is 5.58. The van der Waals surface area contributed by atoms with Crippen LogP contribution in [0.25, 0.3) is 11.0 Å². The number of H-pyrrole nitrogens is 1. The molecule has 1 unspecified atom stereocenters. The molecule has 0 radical (unpaired) electrons. The fraction of sp³-hybridized carbons (Fsp3) is 0.250. The minimum atomic E-state index is -4.57. The number of nitrogens with zero attached hydrogens (tertiary/aromatic N) is 4. The molecule has 1 aromatic carbocycles. The molecule has 0 fully saturated rings. The molecule has 6 nitrogen and oxygen atoms in total. The van der Waals surface area contributed by atoms with Gasteiger partial charge in [0.25, 0.3) is 5.91 Å². The number of benzene rings is 1. The highest BCUT2D eigenvalue weighted by molar-refractivity contribution is 5.97. The van der Waals surface area contributed by atoms with Gasteiger partial charge >= 0.3 is 6.18 Å². The number of rotatable bonds is 3. The summed E-state index contributed by atoms with van der Waals surface area (Å²) in [5.41, 5.74) is 1.22. The third-order valence-electron chi connectivity index (χ3n) is 3.93. The molecule has 0 spiro atoms. The van der Waals surface area contributed by atoms with Crippen LogP contribution in [-0.2, 0) is 6.18 Å². The second kappa shape index (κ2) is 6.15. The summed E-state index contributed by atoms with van der Waals surface area (Å²) in [4.78, 5) is 27.7. The van der Waals surface area contributed by atoms with Crippen molar-refractivity contribution in [2.45, 2.75) is 19.1 Å². The van der Waals surface area contributed by atoms with Gasteiger partial charge in [-0.1, -0.05) is 0 Å². The van der Waals surface area contributed by atoms with Gasteiger partial charge in [0.1, 0.15) is 6.33 Å². The van der Waals surface area contributed by atoms with Crippen molar-refractivity contribution < 1.29 is 18.0 Å². The van der Waals surface area contributed by atoms with Crippen LogP contribution in [0.5, 0.6) is 0 Å². The molecule has 2 aromatic heterocycles. The normalized spacial score (nSPS) is 13.0. The van der Waals surface area contributed by atoms with Crippen LogP contribution in [-0.4, -0.2) is 37.8 Å². The van der Waals surface area contributed by atoms with E-state index in [9.17, 15) is 18.0 Å². The van der Waals surface area contributed by atoms with Crippen LogP contribution < -0.4 is 0 Å². The molecule has 9 heteroatoms. The van der Waals surface area contributed by atoms with Gasteiger partial charge in [-0.2, -0.15) is 13.2 Å². The summed E-state index contributed by atoms with van der Waals surface area (Å²) in [6.07, 6.45) is -1.60. The van der Waals surface area contributed by atoms with Gasteiger partial charge in [-0.05, 0) is 31.2 Å². The lowest BCUT2D eigenvalue weighted by Crippen LogP contribution is -2.30. The molecule has 3 rings (SSSR count). The predicted molar refractivity (Wildman–Crippen MR) is 83.6 cm³/mol. The first-order valence-electron chi connectivity index (χ1n) is 7.37. The second-order valence-electron chi connectivity index (χ2n) is 5.54. The number of hydrogen-bond acceptors (Lipinski definition) is 4. The number of carbonyl (C=O) groups excluding carboxylic acids is 1. The van der Waals surface area contributed by atoms with Crippen molar-refractivity contribution in [3.8, 4) is 0 Å². The van der Waals surface area contributed by atoms with Crippen LogP contribution in [0.2, 0.25) is 0 Å². The highest BCUT2D eigenvalue weighted by Crippen LogP contribution is 2.29. The lowest BCUT2D eigenvalue weighted by molar-refractivity contribution is -0.144. The highest BCUT2D eigenvalue weighted by Gasteiger charge is 2.34. The van der Waals surface area contributed by atoms with Crippen molar-refractivity contribution in [2.75, 3.05) is 7.05 Å². The van der Waals surface area contributed by atoms with E-state index in [2.05, 4.69) is 19.9 Å². The van der Waals surface area contributed by atoms with Crippen LogP contribution >= 0.6 is 0 Å². The molecular weight excluding hydrogens is 335 g/mol. The topological polar surface area (TPSA) is 74.8 Å². The summed E-state index contributed by atoms with van der Waals surface area (Å²) in [5.74, 6) is -1.43. The van der Waals surface area contributed by atoms with Crippen LogP contribution in [0.15, 0.2) is 36.8 Å². The Labute approximate surface area is 140 Å². The summed E-state index contributed by atoms with van der Waals surface area (Å²) in [6.45, 7) is 1.80. The van der Waals surface area contributed by atoms with Crippen LogP contribution in [0.1, 0.15) is 34.8 Å². The SMILES string of the molecule is CC(c1ccncn1)N(C)C(=O)c1ccc2nc(C(F)(F)F)[nH]c2c1. The Morgan fingerprint density at radius 3 is 2.68 bits per heavy atom. The van der Waals surface area contributed by atoms with E-state index in [1.807, 2.05) is 0 Å². The molecule has 1 N–H and O–H groups in total. The quantitative estimate of drug-likeness (QED) is 0.788. The van der Waals surface area contributed by atoms with E-state index in [1.165, 1.54) is 29.4 Å². The number of imidazole rings is 1. The Morgan fingerprint density at radius 1 is 1.28 bits per heavy atom. The number of aromatic amines is 1. The zero-order chi connectivity index (χ0) is 18.2. The molecule has 0 aliphatic rings. The standard InChI is InChI=1S/C16H14F3N5O/c1-9(11-5-6-20-8-21-11)24(2)14(25)10-3-4-12-13(7-10)23-15(22-12)16(17,18)19/h3-9H,1-2H3,(H,22,23). The molecule has 2 heterocycles.